The van der Waals surface area contributed by atoms with E-state index >= 15 is 0 Å². The normalized spacial score (nSPS) is 28.4. The molecule has 1 aromatic rings. The van der Waals surface area contributed by atoms with E-state index in [1.165, 1.54) is 0 Å². The van der Waals surface area contributed by atoms with E-state index in [0.717, 1.165) is 0 Å². The fraction of sp³-hybridized carbons (Fsp3) is 0.571. The molecule has 0 aliphatic carbocycles. The summed E-state index contributed by atoms with van der Waals surface area (Å²) < 4.78 is 0. The number of anilines is 3. The van der Waals surface area contributed by atoms with Crippen LogP contribution in [0, 0.1) is 0 Å². The molecule has 0 spiro atoms. The average Bonchev–Trinajstić information content (AvgIpc) is 3.05. The number of hydrogen-bond donors (Lipinski definition) is 4. The number of hydrogen-bond acceptors (Lipinski definition) is 7. The number of nitrogen functional groups attached to an aromatic ring is 1. The lowest BCUT2D eigenvalue weighted by Crippen LogP contribution is -2.37. The molecule has 3 atom stereocenters. The second-order valence-corrected chi connectivity index (χ2v) is 5.87. The van der Waals surface area contributed by atoms with Crippen molar-refractivity contribution in [1.29, 1.82) is 0 Å². The number of carbonyl (C=O) groups is 1. The molecule has 3 heterocycles. The SMILES string of the molecule is Nc1ccc(N2CC(O)CC2C(=O)O)nc1N1CCC(O)C1. The Labute approximate surface area is 127 Å². The summed E-state index contributed by atoms with van der Waals surface area (Å²) >= 11 is 0. The Hall–Kier alpha value is -2.06. The van der Waals surface area contributed by atoms with E-state index in [2.05, 4.69) is 4.98 Å². The Bertz CT molecular complexity index is 582. The molecule has 2 aliphatic heterocycles. The molecule has 120 valence electrons. The van der Waals surface area contributed by atoms with Crippen molar-refractivity contribution in [2.75, 3.05) is 35.2 Å². The zero-order chi connectivity index (χ0) is 15.9. The first-order valence-corrected chi connectivity index (χ1v) is 7.32. The molecule has 0 radical (unpaired) electrons. The summed E-state index contributed by atoms with van der Waals surface area (Å²) in [6, 6.07) is 2.56. The third-order valence-corrected chi connectivity index (χ3v) is 4.21. The minimum absolute atomic E-state index is 0.180. The number of aliphatic carboxylic acids is 1. The van der Waals surface area contributed by atoms with Crippen molar-refractivity contribution in [1.82, 2.24) is 4.98 Å². The van der Waals surface area contributed by atoms with Gasteiger partial charge >= 0.3 is 5.97 Å². The number of nitrogens with zero attached hydrogens (tertiary/aromatic N) is 3. The van der Waals surface area contributed by atoms with Gasteiger partial charge in [-0.2, -0.15) is 0 Å². The second-order valence-electron chi connectivity index (χ2n) is 5.87. The number of nitrogens with two attached hydrogens (primary N) is 1. The summed E-state index contributed by atoms with van der Waals surface area (Å²) in [5.74, 6) is 0.0578. The highest BCUT2D eigenvalue weighted by molar-refractivity contribution is 5.79. The number of β-amino-alcohol motifs (C(OH)–C–C–N with tert-alkyl or cyclic N) is 2. The predicted octanol–water partition coefficient (Wildman–Crippen LogP) is -0.741. The van der Waals surface area contributed by atoms with Crippen LogP contribution in [-0.2, 0) is 4.79 Å². The topological polar surface area (TPSA) is 123 Å². The van der Waals surface area contributed by atoms with Gasteiger partial charge in [0.05, 0.1) is 17.9 Å². The number of aromatic nitrogens is 1. The van der Waals surface area contributed by atoms with Gasteiger partial charge in [-0.1, -0.05) is 0 Å². The van der Waals surface area contributed by atoms with Crippen LogP contribution in [-0.4, -0.2) is 64.2 Å². The van der Waals surface area contributed by atoms with Gasteiger partial charge in [0.15, 0.2) is 5.82 Å². The fourth-order valence-electron chi connectivity index (χ4n) is 3.10. The number of carboxylic acids is 1. The van der Waals surface area contributed by atoms with Crippen molar-refractivity contribution in [3.8, 4) is 0 Å². The third-order valence-electron chi connectivity index (χ3n) is 4.21. The van der Waals surface area contributed by atoms with Crippen LogP contribution < -0.4 is 15.5 Å². The highest BCUT2D eigenvalue weighted by Gasteiger charge is 2.37. The molecular formula is C14H20N4O4. The van der Waals surface area contributed by atoms with Gasteiger partial charge in [0.1, 0.15) is 11.9 Å². The highest BCUT2D eigenvalue weighted by Crippen LogP contribution is 2.31. The van der Waals surface area contributed by atoms with Crippen LogP contribution in [0.2, 0.25) is 0 Å². The molecule has 2 saturated heterocycles. The predicted molar refractivity (Wildman–Crippen MR) is 80.9 cm³/mol. The first kappa shape index (κ1) is 14.9. The fourth-order valence-corrected chi connectivity index (χ4v) is 3.10. The number of aliphatic hydroxyl groups is 2. The van der Waals surface area contributed by atoms with E-state index in [1.807, 2.05) is 4.90 Å². The van der Waals surface area contributed by atoms with Gasteiger partial charge in [0, 0.05) is 26.1 Å². The smallest absolute Gasteiger partial charge is 0.326 e. The maximum absolute atomic E-state index is 11.3. The molecule has 0 bridgehead atoms. The molecule has 8 heteroatoms. The Morgan fingerprint density at radius 1 is 1.27 bits per heavy atom. The minimum Gasteiger partial charge on any atom is -0.480 e. The van der Waals surface area contributed by atoms with Crippen molar-refractivity contribution < 1.29 is 20.1 Å². The zero-order valence-electron chi connectivity index (χ0n) is 12.1. The zero-order valence-corrected chi connectivity index (χ0v) is 12.1. The summed E-state index contributed by atoms with van der Waals surface area (Å²) in [7, 11) is 0. The average molecular weight is 308 g/mol. The molecule has 2 aliphatic rings. The summed E-state index contributed by atoms with van der Waals surface area (Å²) in [6.45, 7) is 1.36. The summed E-state index contributed by atoms with van der Waals surface area (Å²) in [5.41, 5.74) is 6.46. The summed E-state index contributed by atoms with van der Waals surface area (Å²) in [5, 5.41) is 28.7. The molecule has 0 amide bonds. The number of pyridine rings is 1. The first-order valence-electron chi connectivity index (χ1n) is 7.32. The van der Waals surface area contributed by atoms with Crippen LogP contribution in [0.1, 0.15) is 12.8 Å². The van der Waals surface area contributed by atoms with Gasteiger partial charge in [-0.25, -0.2) is 9.78 Å². The third kappa shape index (κ3) is 2.67. The van der Waals surface area contributed by atoms with Crippen LogP contribution in [0.25, 0.3) is 0 Å². The van der Waals surface area contributed by atoms with E-state index < -0.39 is 24.2 Å². The standard InChI is InChI=1S/C14H20N4O4/c15-10-1-2-12(16-13(10)17-4-3-8(19)6-17)18-7-9(20)5-11(18)14(21)22/h1-2,8-9,11,19-20H,3-7,15H2,(H,21,22). The van der Waals surface area contributed by atoms with Gasteiger partial charge in [-0.05, 0) is 18.6 Å². The molecule has 22 heavy (non-hydrogen) atoms. The van der Waals surface area contributed by atoms with E-state index in [1.54, 1.807) is 17.0 Å². The molecule has 2 fully saturated rings. The maximum Gasteiger partial charge on any atom is 0.326 e. The molecule has 0 saturated carbocycles. The van der Waals surface area contributed by atoms with Crippen molar-refractivity contribution in [2.24, 2.45) is 0 Å². The van der Waals surface area contributed by atoms with Crippen LogP contribution in [0.4, 0.5) is 17.3 Å². The number of carboxylic acid groups (broad SMARTS) is 1. The van der Waals surface area contributed by atoms with Gasteiger partial charge < -0.3 is 30.9 Å². The maximum atomic E-state index is 11.3. The van der Waals surface area contributed by atoms with Crippen molar-refractivity contribution in [3.63, 3.8) is 0 Å². The van der Waals surface area contributed by atoms with Gasteiger partial charge in [0.2, 0.25) is 0 Å². The van der Waals surface area contributed by atoms with Gasteiger partial charge in [-0.15, -0.1) is 0 Å². The van der Waals surface area contributed by atoms with Crippen molar-refractivity contribution >= 4 is 23.3 Å². The molecular weight excluding hydrogens is 288 g/mol. The summed E-state index contributed by atoms with van der Waals surface area (Å²) in [4.78, 5) is 19.3. The van der Waals surface area contributed by atoms with Crippen LogP contribution >= 0.6 is 0 Å². The Balaban J connectivity index is 1.90. The van der Waals surface area contributed by atoms with Crippen molar-refractivity contribution in [3.05, 3.63) is 12.1 Å². The Morgan fingerprint density at radius 3 is 2.68 bits per heavy atom. The van der Waals surface area contributed by atoms with Gasteiger partial charge in [0.25, 0.3) is 0 Å². The molecule has 0 aromatic carbocycles. The Morgan fingerprint density at radius 2 is 2.05 bits per heavy atom. The van der Waals surface area contributed by atoms with E-state index in [0.29, 0.717) is 36.8 Å². The van der Waals surface area contributed by atoms with Crippen LogP contribution in [0.15, 0.2) is 12.1 Å². The second kappa shape index (κ2) is 5.62. The first-order chi connectivity index (χ1) is 10.5. The Kier molecular flexibility index (Phi) is 3.79. The van der Waals surface area contributed by atoms with Gasteiger partial charge in [-0.3, -0.25) is 0 Å². The number of aliphatic hydroxyl groups excluding tert-OH is 2. The monoisotopic (exact) mass is 308 g/mol. The molecule has 3 rings (SSSR count). The quantitative estimate of drug-likeness (QED) is 0.576. The lowest BCUT2D eigenvalue weighted by atomic mass is 10.2. The van der Waals surface area contributed by atoms with Crippen LogP contribution in [0.3, 0.4) is 0 Å². The van der Waals surface area contributed by atoms with E-state index in [4.69, 9.17) is 5.73 Å². The van der Waals surface area contributed by atoms with E-state index in [9.17, 15) is 20.1 Å². The highest BCUT2D eigenvalue weighted by atomic mass is 16.4. The molecule has 8 nitrogen and oxygen atoms in total. The largest absolute Gasteiger partial charge is 0.480 e. The minimum atomic E-state index is -0.978. The lowest BCUT2D eigenvalue weighted by molar-refractivity contribution is -0.138. The molecule has 1 aromatic heterocycles. The van der Waals surface area contributed by atoms with Crippen molar-refractivity contribution in [2.45, 2.75) is 31.1 Å². The van der Waals surface area contributed by atoms with Crippen LogP contribution in [0.5, 0.6) is 0 Å². The van der Waals surface area contributed by atoms with E-state index in [-0.39, 0.29) is 13.0 Å². The summed E-state index contributed by atoms with van der Waals surface area (Å²) in [6.07, 6.45) is -0.243. The number of rotatable bonds is 3. The lowest BCUT2D eigenvalue weighted by Gasteiger charge is -2.25. The molecule has 5 N–H and O–H groups in total. The molecule has 3 unspecified atom stereocenters.